The van der Waals surface area contributed by atoms with E-state index in [-0.39, 0.29) is 5.92 Å². The number of piperidine rings is 2. The minimum absolute atomic E-state index is 0.158. The molecule has 0 spiro atoms. The molecule has 2 atom stereocenters. The number of benzene rings is 1. The van der Waals surface area contributed by atoms with E-state index in [0.29, 0.717) is 11.7 Å². The van der Waals surface area contributed by atoms with Gasteiger partial charge in [0.05, 0.1) is 19.0 Å². The van der Waals surface area contributed by atoms with E-state index >= 15 is 0 Å². The molecule has 1 unspecified atom stereocenters. The molecule has 0 aliphatic carbocycles. The van der Waals surface area contributed by atoms with Gasteiger partial charge in [-0.05, 0) is 50.3 Å². The summed E-state index contributed by atoms with van der Waals surface area (Å²) in [5.74, 6) is 0.872. The Morgan fingerprint density at radius 3 is 2.83 bits per heavy atom. The number of phenolic OH excluding ortho intramolecular Hbond substituents is 1. The molecular formula is C18H26BrN2O2+. The van der Waals surface area contributed by atoms with Crippen LogP contribution in [0.1, 0.15) is 37.7 Å². The Labute approximate surface area is 146 Å². The number of halogens is 1. The molecule has 2 fully saturated rings. The van der Waals surface area contributed by atoms with E-state index in [0.717, 1.165) is 68.4 Å². The van der Waals surface area contributed by atoms with Crippen molar-refractivity contribution in [3.63, 3.8) is 0 Å². The number of amides is 1. The summed E-state index contributed by atoms with van der Waals surface area (Å²) < 4.78 is 0.989. The smallest absolute Gasteiger partial charge is 0.231 e. The van der Waals surface area contributed by atoms with Gasteiger partial charge in [-0.25, -0.2) is 0 Å². The fourth-order valence-corrected chi connectivity index (χ4v) is 4.27. The van der Waals surface area contributed by atoms with Gasteiger partial charge in [0.15, 0.2) is 0 Å². The Hall–Kier alpha value is -1.07. The van der Waals surface area contributed by atoms with Crippen molar-refractivity contribution in [3.8, 4) is 5.75 Å². The lowest BCUT2D eigenvalue weighted by atomic mass is 9.95. The lowest BCUT2D eigenvalue weighted by Crippen LogP contribution is -3.12. The van der Waals surface area contributed by atoms with Gasteiger partial charge in [0.25, 0.3) is 0 Å². The SMILES string of the molecule is O=C([C@H]1CCC[NH+](Cc2cc(Br)ccc2O)C1)N1CCCCC1. The number of hydrogen-bond acceptors (Lipinski definition) is 2. The van der Waals surface area contributed by atoms with Gasteiger partial charge in [-0.1, -0.05) is 15.9 Å². The second-order valence-electron chi connectivity index (χ2n) is 6.88. The molecule has 4 nitrogen and oxygen atoms in total. The Bertz CT molecular complexity index is 558. The van der Waals surface area contributed by atoms with Crippen molar-refractivity contribution in [1.82, 2.24) is 4.90 Å². The van der Waals surface area contributed by atoms with E-state index in [4.69, 9.17) is 0 Å². The van der Waals surface area contributed by atoms with Crippen LogP contribution in [0.2, 0.25) is 0 Å². The molecule has 0 radical (unpaired) electrons. The van der Waals surface area contributed by atoms with Crippen molar-refractivity contribution in [3.05, 3.63) is 28.2 Å². The summed E-state index contributed by atoms with van der Waals surface area (Å²) in [6, 6.07) is 5.57. The highest BCUT2D eigenvalue weighted by molar-refractivity contribution is 9.10. The van der Waals surface area contributed by atoms with Crippen LogP contribution in [0.25, 0.3) is 0 Å². The topological polar surface area (TPSA) is 45.0 Å². The molecule has 0 saturated carbocycles. The fourth-order valence-electron chi connectivity index (χ4n) is 3.86. The van der Waals surface area contributed by atoms with Crippen LogP contribution >= 0.6 is 15.9 Å². The highest BCUT2D eigenvalue weighted by Crippen LogP contribution is 2.22. The molecule has 5 heteroatoms. The Morgan fingerprint density at radius 2 is 2.04 bits per heavy atom. The average molecular weight is 382 g/mol. The number of nitrogens with zero attached hydrogens (tertiary/aromatic N) is 1. The first-order valence-corrected chi connectivity index (χ1v) is 9.52. The molecule has 0 aromatic heterocycles. The lowest BCUT2D eigenvalue weighted by molar-refractivity contribution is -0.921. The normalized spacial score (nSPS) is 25.3. The second kappa shape index (κ2) is 7.67. The molecule has 23 heavy (non-hydrogen) atoms. The summed E-state index contributed by atoms with van der Waals surface area (Å²) in [6.45, 7) is 4.64. The molecule has 1 aromatic rings. The van der Waals surface area contributed by atoms with Crippen molar-refractivity contribution in [2.45, 2.75) is 38.6 Å². The van der Waals surface area contributed by atoms with Gasteiger partial charge in [-0.15, -0.1) is 0 Å². The first-order valence-electron chi connectivity index (χ1n) is 8.73. The fraction of sp³-hybridized carbons (Fsp3) is 0.611. The molecule has 2 aliphatic heterocycles. The summed E-state index contributed by atoms with van der Waals surface area (Å²) in [5.41, 5.74) is 0.959. The zero-order chi connectivity index (χ0) is 16.2. The van der Waals surface area contributed by atoms with Gasteiger partial charge in [-0.3, -0.25) is 4.79 Å². The number of carbonyl (C=O) groups is 1. The predicted octanol–water partition coefficient (Wildman–Crippen LogP) is 1.96. The summed E-state index contributed by atoms with van der Waals surface area (Å²) >= 11 is 3.47. The minimum atomic E-state index is 0.158. The van der Waals surface area contributed by atoms with E-state index in [1.807, 2.05) is 12.1 Å². The minimum Gasteiger partial charge on any atom is -0.507 e. The van der Waals surface area contributed by atoms with E-state index < -0.39 is 0 Å². The number of nitrogens with one attached hydrogen (secondary N) is 1. The van der Waals surface area contributed by atoms with Crippen LogP contribution < -0.4 is 4.90 Å². The second-order valence-corrected chi connectivity index (χ2v) is 7.79. The Balaban J connectivity index is 1.61. The molecule has 3 rings (SSSR count). The monoisotopic (exact) mass is 381 g/mol. The Morgan fingerprint density at radius 1 is 1.26 bits per heavy atom. The molecule has 126 valence electrons. The van der Waals surface area contributed by atoms with Crippen LogP contribution in [0, 0.1) is 5.92 Å². The third-order valence-corrected chi connectivity index (χ3v) is 5.61. The van der Waals surface area contributed by atoms with Gasteiger partial charge in [0.2, 0.25) is 5.91 Å². The number of hydrogen-bond donors (Lipinski definition) is 2. The molecular weight excluding hydrogens is 356 g/mol. The van der Waals surface area contributed by atoms with Crippen LogP contribution in [0.3, 0.4) is 0 Å². The molecule has 2 N–H and O–H groups in total. The first-order chi connectivity index (χ1) is 11.1. The van der Waals surface area contributed by atoms with Gasteiger partial charge in [-0.2, -0.15) is 0 Å². The maximum absolute atomic E-state index is 12.7. The van der Waals surface area contributed by atoms with Crippen molar-refractivity contribution < 1.29 is 14.8 Å². The number of quaternary nitrogens is 1. The summed E-state index contributed by atoms with van der Waals surface area (Å²) in [6.07, 6.45) is 5.67. The molecule has 0 bridgehead atoms. The zero-order valence-corrected chi connectivity index (χ0v) is 15.1. The van der Waals surface area contributed by atoms with Gasteiger partial charge in [0, 0.05) is 23.1 Å². The van der Waals surface area contributed by atoms with E-state index in [1.165, 1.54) is 11.3 Å². The Kier molecular flexibility index (Phi) is 5.59. The van der Waals surface area contributed by atoms with Crippen molar-refractivity contribution in [1.29, 1.82) is 0 Å². The van der Waals surface area contributed by atoms with Crippen molar-refractivity contribution in [2.75, 3.05) is 26.2 Å². The molecule has 2 saturated heterocycles. The standard InChI is InChI=1S/C18H25BrN2O2/c19-16-6-7-17(22)15(11-16)13-20-8-4-5-14(12-20)18(23)21-9-2-1-3-10-21/h6-7,11,14,22H,1-5,8-10,12-13H2/p+1/t14-/m0/s1. The summed E-state index contributed by atoms with van der Waals surface area (Å²) in [7, 11) is 0. The first kappa shape index (κ1) is 16.8. The van der Waals surface area contributed by atoms with E-state index in [1.54, 1.807) is 6.07 Å². The maximum atomic E-state index is 12.7. The van der Waals surface area contributed by atoms with Crippen LogP contribution in [-0.2, 0) is 11.3 Å². The number of rotatable bonds is 3. The highest BCUT2D eigenvalue weighted by atomic mass is 79.9. The quantitative estimate of drug-likeness (QED) is 0.840. The van der Waals surface area contributed by atoms with Gasteiger partial charge < -0.3 is 14.9 Å². The summed E-state index contributed by atoms with van der Waals surface area (Å²) in [5, 5.41) is 10.0. The molecule has 2 aliphatic rings. The summed E-state index contributed by atoms with van der Waals surface area (Å²) in [4.78, 5) is 16.2. The van der Waals surface area contributed by atoms with E-state index in [9.17, 15) is 9.90 Å². The van der Waals surface area contributed by atoms with E-state index in [2.05, 4.69) is 20.8 Å². The van der Waals surface area contributed by atoms with Crippen LogP contribution in [0.15, 0.2) is 22.7 Å². The lowest BCUT2D eigenvalue weighted by Gasteiger charge is -2.34. The molecule has 1 amide bonds. The predicted molar refractivity (Wildman–Crippen MR) is 93.4 cm³/mol. The third kappa shape index (κ3) is 4.27. The van der Waals surface area contributed by atoms with Crippen molar-refractivity contribution >= 4 is 21.8 Å². The number of carbonyl (C=O) groups excluding carboxylic acids is 1. The number of aromatic hydroxyl groups is 1. The highest BCUT2D eigenvalue weighted by Gasteiger charge is 2.32. The average Bonchev–Trinajstić information content (AvgIpc) is 2.58. The number of phenols is 1. The van der Waals surface area contributed by atoms with Crippen LogP contribution in [0.4, 0.5) is 0 Å². The van der Waals surface area contributed by atoms with Crippen molar-refractivity contribution in [2.24, 2.45) is 5.92 Å². The van der Waals surface area contributed by atoms with Gasteiger partial charge >= 0.3 is 0 Å². The number of likely N-dealkylation sites (tertiary alicyclic amines) is 2. The zero-order valence-electron chi connectivity index (χ0n) is 13.6. The maximum Gasteiger partial charge on any atom is 0.231 e. The largest absolute Gasteiger partial charge is 0.507 e. The molecule has 1 aromatic carbocycles. The van der Waals surface area contributed by atoms with Crippen LogP contribution in [-0.4, -0.2) is 42.1 Å². The van der Waals surface area contributed by atoms with Gasteiger partial charge in [0.1, 0.15) is 12.3 Å². The molecule has 2 heterocycles. The third-order valence-electron chi connectivity index (χ3n) is 5.12. The van der Waals surface area contributed by atoms with Crippen LogP contribution in [0.5, 0.6) is 5.75 Å².